The molecule has 0 radical (unpaired) electrons. The summed E-state index contributed by atoms with van der Waals surface area (Å²) in [6.07, 6.45) is 2.91. The van der Waals surface area contributed by atoms with Crippen molar-refractivity contribution in [2.45, 2.75) is 53.4 Å². The van der Waals surface area contributed by atoms with Gasteiger partial charge in [0.15, 0.2) is 5.58 Å². The molecule has 0 saturated carbocycles. The van der Waals surface area contributed by atoms with E-state index in [0.717, 1.165) is 51.0 Å². The number of aromatic nitrogens is 2. The van der Waals surface area contributed by atoms with Crippen molar-refractivity contribution in [1.29, 1.82) is 0 Å². The second-order valence-electron chi connectivity index (χ2n) is 11.1. The molecule has 0 spiro atoms. The zero-order chi connectivity index (χ0) is 24.1. The van der Waals surface area contributed by atoms with Gasteiger partial charge in [-0.05, 0) is 54.2 Å². The lowest BCUT2D eigenvalue weighted by atomic mass is 9.80. The second-order valence-corrected chi connectivity index (χ2v) is 11.1. The SMILES string of the molecule is Cc1cc2c(oc3c(-c4cc(CC(C)(C)C)ccn4)cccc32)c(C(C)(C)c2ccccc2)n1. The summed E-state index contributed by atoms with van der Waals surface area (Å²) in [6, 6.07) is 23.3. The Balaban J connectivity index is 1.73. The van der Waals surface area contributed by atoms with E-state index in [1.165, 1.54) is 11.1 Å². The van der Waals surface area contributed by atoms with Crippen LogP contribution in [0.5, 0.6) is 0 Å². The third-order valence-corrected chi connectivity index (χ3v) is 6.53. The summed E-state index contributed by atoms with van der Waals surface area (Å²) in [5.74, 6) is 0. The second kappa shape index (κ2) is 8.09. The summed E-state index contributed by atoms with van der Waals surface area (Å²) in [5, 5.41) is 2.21. The molecule has 3 nitrogen and oxygen atoms in total. The summed E-state index contributed by atoms with van der Waals surface area (Å²) in [4.78, 5) is 9.71. The molecule has 0 aliphatic rings. The van der Waals surface area contributed by atoms with Gasteiger partial charge < -0.3 is 4.42 Å². The zero-order valence-corrected chi connectivity index (χ0v) is 20.9. The Hall–Kier alpha value is -3.46. The highest BCUT2D eigenvalue weighted by atomic mass is 16.3. The van der Waals surface area contributed by atoms with E-state index >= 15 is 0 Å². The van der Waals surface area contributed by atoms with Crippen LogP contribution in [0, 0.1) is 12.3 Å². The highest BCUT2D eigenvalue weighted by Gasteiger charge is 2.30. The topological polar surface area (TPSA) is 38.9 Å². The van der Waals surface area contributed by atoms with E-state index in [-0.39, 0.29) is 10.8 Å². The first-order valence-electron chi connectivity index (χ1n) is 12.0. The smallest absolute Gasteiger partial charge is 0.157 e. The van der Waals surface area contributed by atoms with Crippen molar-refractivity contribution < 1.29 is 4.42 Å². The number of fused-ring (bicyclic) bond motifs is 3. The molecule has 2 aromatic carbocycles. The first-order chi connectivity index (χ1) is 16.1. The highest BCUT2D eigenvalue weighted by Crippen LogP contribution is 2.41. The minimum Gasteiger partial charge on any atom is -0.453 e. The van der Waals surface area contributed by atoms with Gasteiger partial charge in [-0.25, -0.2) is 0 Å². The Bertz CT molecular complexity index is 1490. The Morgan fingerprint density at radius 3 is 2.29 bits per heavy atom. The number of hydrogen-bond donors (Lipinski definition) is 0. The van der Waals surface area contributed by atoms with Gasteiger partial charge in [0.05, 0.1) is 11.4 Å². The molecule has 0 atom stereocenters. The predicted molar refractivity (Wildman–Crippen MR) is 141 cm³/mol. The lowest BCUT2D eigenvalue weighted by Crippen LogP contribution is -2.21. The van der Waals surface area contributed by atoms with Gasteiger partial charge in [-0.1, -0.05) is 77.1 Å². The number of rotatable bonds is 4. The number of benzene rings is 2. The van der Waals surface area contributed by atoms with Crippen molar-refractivity contribution in [2.24, 2.45) is 5.41 Å². The third kappa shape index (κ3) is 4.00. The molecule has 0 amide bonds. The van der Waals surface area contributed by atoms with Crippen molar-refractivity contribution in [1.82, 2.24) is 9.97 Å². The average Bonchev–Trinajstić information content (AvgIpc) is 3.16. The molecule has 0 aliphatic carbocycles. The number of pyridine rings is 2. The number of para-hydroxylation sites is 1. The third-order valence-electron chi connectivity index (χ3n) is 6.53. The Morgan fingerprint density at radius 1 is 0.794 bits per heavy atom. The molecule has 3 heterocycles. The van der Waals surface area contributed by atoms with Crippen LogP contribution in [0.4, 0.5) is 0 Å². The molecule has 5 aromatic rings. The first kappa shape index (κ1) is 22.3. The van der Waals surface area contributed by atoms with Gasteiger partial charge >= 0.3 is 0 Å². The number of hydrogen-bond acceptors (Lipinski definition) is 3. The van der Waals surface area contributed by atoms with E-state index in [9.17, 15) is 0 Å². The van der Waals surface area contributed by atoms with E-state index < -0.39 is 0 Å². The normalized spacial score (nSPS) is 12.5. The lowest BCUT2D eigenvalue weighted by molar-refractivity contribution is 0.411. The van der Waals surface area contributed by atoms with Crippen molar-refractivity contribution in [3.05, 3.63) is 95.4 Å². The molecule has 0 aliphatic heterocycles. The van der Waals surface area contributed by atoms with Gasteiger partial charge in [0.2, 0.25) is 0 Å². The van der Waals surface area contributed by atoms with Gasteiger partial charge in [-0.3, -0.25) is 9.97 Å². The maximum atomic E-state index is 6.67. The van der Waals surface area contributed by atoms with Gasteiger partial charge in [-0.15, -0.1) is 0 Å². The maximum Gasteiger partial charge on any atom is 0.157 e. The van der Waals surface area contributed by atoms with Gasteiger partial charge in [-0.2, -0.15) is 0 Å². The molecule has 3 heteroatoms. The van der Waals surface area contributed by atoms with Crippen LogP contribution in [0.2, 0.25) is 0 Å². The maximum absolute atomic E-state index is 6.67. The summed E-state index contributed by atoms with van der Waals surface area (Å²) >= 11 is 0. The lowest BCUT2D eigenvalue weighted by Gasteiger charge is -2.25. The number of nitrogens with zero attached hydrogens (tertiary/aromatic N) is 2. The molecule has 34 heavy (non-hydrogen) atoms. The molecule has 0 N–H and O–H groups in total. The molecule has 0 unspecified atom stereocenters. The van der Waals surface area contributed by atoms with Crippen LogP contribution < -0.4 is 0 Å². The minimum atomic E-state index is -0.301. The van der Waals surface area contributed by atoms with E-state index in [2.05, 4.69) is 102 Å². The zero-order valence-electron chi connectivity index (χ0n) is 20.9. The van der Waals surface area contributed by atoms with E-state index in [0.29, 0.717) is 0 Å². The Morgan fingerprint density at radius 2 is 1.56 bits per heavy atom. The molecular formula is C31H32N2O. The van der Waals surface area contributed by atoms with Crippen molar-refractivity contribution in [3.63, 3.8) is 0 Å². The van der Waals surface area contributed by atoms with Crippen LogP contribution >= 0.6 is 0 Å². The van der Waals surface area contributed by atoms with Crippen LogP contribution in [-0.4, -0.2) is 9.97 Å². The fourth-order valence-electron chi connectivity index (χ4n) is 4.89. The standard InChI is InChI=1S/C31H32N2O/c1-20-17-25-23-13-10-14-24(26-18-21(15-16-32-26)19-30(2,3)4)27(23)34-28(25)29(33-20)31(5,6)22-11-8-7-9-12-22/h7-18H,19H2,1-6H3. The number of furan rings is 1. The molecular weight excluding hydrogens is 416 g/mol. The summed E-state index contributed by atoms with van der Waals surface area (Å²) in [7, 11) is 0. The van der Waals surface area contributed by atoms with E-state index in [1.807, 2.05) is 12.3 Å². The summed E-state index contributed by atoms with van der Waals surface area (Å²) < 4.78 is 6.67. The van der Waals surface area contributed by atoms with Crippen LogP contribution in [0.15, 0.2) is 77.3 Å². The number of aryl methyl sites for hydroxylation is 1. The predicted octanol–water partition coefficient (Wildman–Crippen LogP) is 8.27. The monoisotopic (exact) mass is 448 g/mol. The van der Waals surface area contributed by atoms with Crippen LogP contribution in [-0.2, 0) is 11.8 Å². The molecule has 0 bridgehead atoms. The molecule has 0 fully saturated rings. The fraction of sp³-hybridized carbons (Fsp3) is 0.290. The summed E-state index contributed by atoms with van der Waals surface area (Å²) in [5.41, 5.74) is 8.06. The quantitative estimate of drug-likeness (QED) is 0.278. The van der Waals surface area contributed by atoms with Crippen LogP contribution in [0.25, 0.3) is 33.2 Å². The molecule has 3 aromatic heterocycles. The average molecular weight is 449 g/mol. The largest absolute Gasteiger partial charge is 0.453 e. The van der Waals surface area contributed by atoms with Crippen LogP contribution in [0.3, 0.4) is 0 Å². The minimum absolute atomic E-state index is 0.213. The van der Waals surface area contributed by atoms with Crippen molar-refractivity contribution in [3.8, 4) is 11.3 Å². The van der Waals surface area contributed by atoms with Gasteiger partial charge in [0.1, 0.15) is 5.58 Å². The fourth-order valence-corrected chi connectivity index (χ4v) is 4.89. The molecule has 172 valence electrons. The van der Waals surface area contributed by atoms with Gasteiger partial charge in [0.25, 0.3) is 0 Å². The van der Waals surface area contributed by atoms with Gasteiger partial charge in [0, 0.05) is 33.6 Å². The Kier molecular flexibility index (Phi) is 5.31. The van der Waals surface area contributed by atoms with Crippen molar-refractivity contribution in [2.75, 3.05) is 0 Å². The highest BCUT2D eigenvalue weighted by molar-refractivity contribution is 6.10. The van der Waals surface area contributed by atoms with Crippen LogP contribution in [0.1, 0.15) is 57.1 Å². The molecule has 5 rings (SSSR count). The van der Waals surface area contributed by atoms with E-state index in [1.54, 1.807) is 0 Å². The first-order valence-corrected chi connectivity index (χ1v) is 12.0. The van der Waals surface area contributed by atoms with Crippen molar-refractivity contribution >= 4 is 21.9 Å². The summed E-state index contributed by atoms with van der Waals surface area (Å²) in [6.45, 7) is 13.3. The Labute approximate surface area is 201 Å². The van der Waals surface area contributed by atoms with E-state index in [4.69, 9.17) is 14.4 Å². The molecule has 0 saturated heterocycles.